The van der Waals surface area contributed by atoms with Crippen molar-refractivity contribution in [2.75, 3.05) is 22.9 Å². The fourth-order valence-electron chi connectivity index (χ4n) is 4.58. The van der Waals surface area contributed by atoms with Crippen molar-refractivity contribution in [1.82, 2.24) is 14.8 Å². The smallest absolute Gasteiger partial charge is 0.357 e. The van der Waals surface area contributed by atoms with E-state index in [2.05, 4.69) is 25.9 Å². The number of hydrogen-bond donors (Lipinski definition) is 0. The molecule has 2 aliphatic rings. The fraction of sp³-hybridized carbons (Fsp3) is 0.417. The molecule has 32 heavy (non-hydrogen) atoms. The van der Waals surface area contributed by atoms with Crippen LogP contribution in [0.15, 0.2) is 54.9 Å². The zero-order chi connectivity index (χ0) is 22.3. The number of piperidine rings is 1. The lowest BCUT2D eigenvalue weighted by atomic mass is 10.0. The third-order valence-corrected chi connectivity index (χ3v) is 6.42. The number of pyridine rings is 1. The molecule has 3 heterocycles. The van der Waals surface area contributed by atoms with Gasteiger partial charge in [-0.2, -0.15) is 18.3 Å². The fourth-order valence-corrected chi connectivity index (χ4v) is 4.58. The maximum Gasteiger partial charge on any atom is 0.416 e. The van der Waals surface area contributed by atoms with Crippen LogP contribution in [0.5, 0.6) is 0 Å². The van der Waals surface area contributed by atoms with E-state index in [1.54, 1.807) is 24.5 Å². The molecule has 0 bridgehead atoms. The summed E-state index contributed by atoms with van der Waals surface area (Å²) >= 11 is 0. The van der Waals surface area contributed by atoms with E-state index in [0.29, 0.717) is 5.92 Å². The van der Waals surface area contributed by atoms with Crippen molar-refractivity contribution < 1.29 is 13.2 Å². The molecule has 1 saturated heterocycles. The number of hydrogen-bond acceptors (Lipinski definition) is 4. The lowest BCUT2D eigenvalue weighted by Gasteiger charge is -2.40. The monoisotopic (exact) mass is 441 g/mol. The van der Waals surface area contributed by atoms with Gasteiger partial charge in [0.1, 0.15) is 5.82 Å². The van der Waals surface area contributed by atoms with E-state index in [4.69, 9.17) is 0 Å². The molecule has 5 rings (SSSR count). The lowest BCUT2D eigenvalue weighted by Crippen LogP contribution is -2.43. The number of aryl methyl sites for hydroxylation is 1. The van der Waals surface area contributed by atoms with Gasteiger partial charge in [0.25, 0.3) is 0 Å². The summed E-state index contributed by atoms with van der Waals surface area (Å²) in [7, 11) is 2.00. The molecule has 0 radical (unpaired) electrons. The summed E-state index contributed by atoms with van der Waals surface area (Å²) in [4.78, 5) is 8.73. The Morgan fingerprint density at radius 2 is 1.69 bits per heavy atom. The molecule has 8 heteroatoms. The zero-order valence-corrected chi connectivity index (χ0v) is 18.0. The van der Waals surface area contributed by atoms with Gasteiger partial charge in [-0.1, -0.05) is 0 Å². The van der Waals surface area contributed by atoms with Crippen LogP contribution in [0.25, 0.3) is 0 Å². The first-order valence-corrected chi connectivity index (χ1v) is 11.1. The highest BCUT2D eigenvalue weighted by atomic mass is 19.4. The highest BCUT2D eigenvalue weighted by Crippen LogP contribution is 2.41. The summed E-state index contributed by atoms with van der Waals surface area (Å²) < 4.78 is 41.1. The summed E-state index contributed by atoms with van der Waals surface area (Å²) in [6.07, 6.45) is 3.37. The number of halogens is 3. The van der Waals surface area contributed by atoms with Gasteiger partial charge in [0.15, 0.2) is 0 Å². The van der Waals surface area contributed by atoms with Gasteiger partial charge in [-0.05, 0) is 62.1 Å². The van der Waals surface area contributed by atoms with Gasteiger partial charge in [0.05, 0.1) is 23.1 Å². The van der Waals surface area contributed by atoms with Crippen LogP contribution >= 0.6 is 0 Å². The molecule has 0 unspecified atom stereocenters. The van der Waals surface area contributed by atoms with Crippen molar-refractivity contribution in [3.05, 3.63) is 66.1 Å². The van der Waals surface area contributed by atoms with Crippen molar-refractivity contribution in [2.24, 2.45) is 7.05 Å². The molecule has 1 saturated carbocycles. The largest absolute Gasteiger partial charge is 0.416 e. The Hall–Kier alpha value is -3.03. The molecule has 1 aromatic carbocycles. The van der Waals surface area contributed by atoms with Gasteiger partial charge in [0, 0.05) is 50.0 Å². The van der Waals surface area contributed by atoms with Gasteiger partial charge >= 0.3 is 6.18 Å². The predicted molar refractivity (Wildman–Crippen MR) is 118 cm³/mol. The molecule has 1 aliphatic heterocycles. The van der Waals surface area contributed by atoms with Crippen LogP contribution in [0.4, 0.5) is 30.4 Å². The Kier molecular flexibility index (Phi) is 5.31. The van der Waals surface area contributed by atoms with Crippen molar-refractivity contribution in [3.63, 3.8) is 0 Å². The topological polar surface area (TPSA) is 37.2 Å². The predicted octanol–water partition coefficient (Wildman–Crippen LogP) is 5.52. The third kappa shape index (κ3) is 4.18. The second-order valence-corrected chi connectivity index (χ2v) is 8.67. The molecular formula is C24H26F3N5. The van der Waals surface area contributed by atoms with E-state index >= 15 is 0 Å². The number of anilines is 3. The van der Waals surface area contributed by atoms with Gasteiger partial charge in [0.2, 0.25) is 0 Å². The van der Waals surface area contributed by atoms with Crippen LogP contribution in [0.3, 0.4) is 0 Å². The SMILES string of the molecule is Cn1nc(C2CC2)cc1N1CCC(N(c2ccc(C(F)(F)F)cc2)c2cccnc2)CC1. The molecule has 1 aliphatic carbocycles. The molecule has 2 aromatic heterocycles. The first kappa shape index (κ1) is 20.8. The van der Waals surface area contributed by atoms with E-state index in [9.17, 15) is 13.2 Å². The van der Waals surface area contributed by atoms with Crippen molar-refractivity contribution in [2.45, 2.75) is 43.8 Å². The van der Waals surface area contributed by atoms with E-state index in [0.717, 1.165) is 55.3 Å². The molecular weight excluding hydrogens is 415 g/mol. The first-order valence-electron chi connectivity index (χ1n) is 11.1. The molecule has 2 fully saturated rings. The third-order valence-electron chi connectivity index (χ3n) is 6.42. The minimum Gasteiger partial charge on any atom is -0.357 e. The number of alkyl halides is 3. The van der Waals surface area contributed by atoms with Crippen LogP contribution in [0.1, 0.15) is 42.9 Å². The second kappa shape index (κ2) is 8.15. The number of benzene rings is 1. The Bertz CT molecular complexity index is 1050. The van der Waals surface area contributed by atoms with E-state index < -0.39 is 11.7 Å². The van der Waals surface area contributed by atoms with Gasteiger partial charge in [-0.15, -0.1) is 0 Å². The quantitative estimate of drug-likeness (QED) is 0.523. The Morgan fingerprint density at radius 1 is 0.969 bits per heavy atom. The van der Waals surface area contributed by atoms with Gasteiger partial charge in [-0.25, -0.2) is 0 Å². The normalized spacial score (nSPS) is 17.6. The first-order chi connectivity index (χ1) is 15.4. The summed E-state index contributed by atoms with van der Waals surface area (Å²) in [5.74, 6) is 1.76. The van der Waals surface area contributed by atoms with Crippen LogP contribution in [-0.4, -0.2) is 33.9 Å². The average Bonchev–Trinajstić information content (AvgIpc) is 3.57. The Labute approximate surface area is 185 Å². The van der Waals surface area contributed by atoms with Crippen molar-refractivity contribution >= 4 is 17.2 Å². The van der Waals surface area contributed by atoms with Crippen molar-refractivity contribution in [3.8, 4) is 0 Å². The summed E-state index contributed by atoms with van der Waals surface area (Å²) in [6, 6.07) is 11.6. The minimum atomic E-state index is -4.34. The summed E-state index contributed by atoms with van der Waals surface area (Å²) in [5.41, 5.74) is 2.19. The molecule has 168 valence electrons. The van der Waals surface area contributed by atoms with Gasteiger partial charge < -0.3 is 9.80 Å². The van der Waals surface area contributed by atoms with E-state index in [1.807, 2.05) is 23.9 Å². The molecule has 3 aromatic rings. The standard InChI is InChI=1S/C24H26F3N5/c1-30-23(15-22(29-30)17-4-5-17)31-13-10-20(11-14-31)32(21-3-2-12-28-16-21)19-8-6-18(7-9-19)24(25,26)27/h2-3,6-9,12,15-17,20H,4-5,10-11,13-14H2,1H3. The average molecular weight is 442 g/mol. The van der Waals surface area contributed by atoms with Crippen molar-refractivity contribution in [1.29, 1.82) is 0 Å². The van der Waals surface area contributed by atoms with Crippen LogP contribution in [0.2, 0.25) is 0 Å². The highest BCUT2D eigenvalue weighted by Gasteiger charge is 2.32. The van der Waals surface area contributed by atoms with Crippen LogP contribution in [-0.2, 0) is 13.2 Å². The zero-order valence-electron chi connectivity index (χ0n) is 18.0. The molecule has 0 N–H and O–H groups in total. The molecule has 0 amide bonds. The highest BCUT2D eigenvalue weighted by molar-refractivity contribution is 5.64. The molecule has 0 atom stereocenters. The molecule has 0 spiro atoms. The number of nitrogens with zero attached hydrogens (tertiary/aromatic N) is 5. The van der Waals surface area contributed by atoms with Crippen LogP contribution < -0.4 is 9.80 Å². The molecule has 5 nitrogen and oxygen atoms in total. The van der Waals surface area contributed by atoms with Gasteiger partial charge in [-0.3, -0.25) is 9.67 Å². The Morgan fingerprint density at radius 3 is 2.28 bits per heavy atom. The lowest BCUT2D eigenvalue weighted by molar-refractivity contribution is -0.137. The van der Waals surface area contributed by atoms with E-state index in [-0.39, 0.29) is 6.04 Å². The number of rotatable bonds is 5. The van der Waals surface area contributed by atoms with E-state index in [1.165, 1.54) is 18.5 Å². The Balaban J connectivity index is 1.36. The summed E-state index contributed by atoms with van der Waals surface area (Å²) in [5, 5.41) is 4.69. The summed E-state index contributed by atoms with van der Waals surface area (Å²) in [6.45, 7) is 1.73. The maximum atomic E-state index is 13.1. The second-order valence-electron chi connectivity index (χ2n) is 8.67. The minimum absolute atomic E-state index is 0.170. The maximum absolute atomic E-state index is 13.1. The van der Waals surface area contributed by atoms with Crippen LogP contribution in [0, 0.1) is 0 Å². The number of aromatic nitrogens is 3.